The molecule has 4 nitrogen and oxygen atoms in total. The maximum atomic E-state index is 10.1. The molecule has 0 radical (unpaired) electrons. The standard InChI is InChI=1S/C27H34N2O2/c30-27(23-31-22-26-15-8-3-9-16-26)19-28-17-10-18-29(20-24-11-4-1-5-12-24)21-25-13-6-2-7-14-25/h1-9,11-16,27-28,30H,10,17-23H2. The van der Waals surface area contributed by atoms with Crippen LogP contribution in [0.25, 0.3) is 0 Å². The monoisotopic (exact) mass is 418 g/mol. The Kier molecular flexibility index (Phi) is 10.3. The minimum Gasteiger partial charge on any atom is -0.389 e. The van der Waals surface area contributed by atoms with E-state index in [1.807, 2.05) is 30.3 Å². The highest BCUT2D eigenvalue weighted by molar-refractivity contribution is 5.17. The molecule has 0 saturated heterocycles. The van der Waals surface area contributed by atoms with Crippen molar-refractivity contribution >= 4 is 0 Å². The zero-order valence-electron chi connectivity index (χ0n) is 18.2. The van der Waals surface area contributed by atoms with Crippen LogP contribution in [0.2, 0.25) is 0 Å². The zero-order chi connectivity index (χ0) is 21.6. The summed E-state index contributed by atoms with van der Waals surface area (Å²) in [4.78, 5) is 2.48. The fraction of sp³-hybridized carbons (Fsp3) is 0.333. The van der Waals surface area contributed by atoms with Crippen molar-refractivity contribution in [2.75, 3.05) is 26.2 Å². The number of aliphatic hydroxyl groups is 1. The SMILES string of the molecule is OC(CNCCCN(Cc1ccccc1)Cc1ccccc1)COCc1ccccc1. The summed E-state index contributed by atoms with van der Waals surface area (Å²) >= 11 is 0. The molecule has 1 atom stereocenters. The fourth-order valence-electron chi connectivity index (χ4n) is 3.54. The highest BCUT2D eigenvalue weighted by Crippen LogP contribution is 2.10. The smallest absolute Gasteiger partial charge is 0.0897 e. The predicted octanol–water partition coefficient (Wildman–Crippen LogP) is 4.25. The first-order valence-electron chi connectivity index (χ1n) is 11.1. The van der Waals surface area contributed by atoms with E-state index in [-0.39, 0.29) is 0 Å². The van der Waals surface area contributed by atoms with E-state index in [2.05, 4.69) is 70.9 Å². The summed E-state index contributed by atoms with van der Waals surface area (Å²) in [5.41, 5.74) is 3.79. The van der Waals surface area contributed by atoms with Gasteiger partial charge in [-0.1, -0.05) is 91.0 Å². The van der Waals surface area contributed by atoms with Crippen molar-refractivity contribution in [1.29, 1.82) is 0 Å². The van der Waals surface area contributed by atoms with Gasteiger partial charge >= 0.3 is 0 Å². The number of rotatable bonds is 14. The lowest BCUT2D eigenvalue weighted by atomic mass is 10.1. The highest BCUT2D eigenvalue weighted by Gasteiger charge is 2.08. The van der Waals surface area contributed by atoms with E-state index in [0.29, 0.717) is 19.8 Å². The number of hydrogen-bond acceptors (Lipinski definition) is 4. The summed E-state index contributed by atoms with van der Waals surface area (Å²) < 4.78 is 5.61. The number of ether oxygens (including phenoxy) is 1. The Morgan fingerprint density at radius 2 is 1.26 bits per heavy atom. The Hall–Kier alpha value is -2.50. The van der Waals surface area contributed by atoms with Gasteiger partial charge in [0.25, 0.3) is 0 Å². The van der Waals surface area contributed by atoms with Crippen molar-refractivity contribution in [1.82, 2.24) is 10.2 Å². The molecule has 3 aromatic carbocycles. The van der Waals surface area contributed by atoms with Crippen LogP contribution >= 0.6 is 0 Å². The summed E-state index contributed by atoms with van der Waals surface area (Å²) in [6.07, 6.45) is 0.533. The number of nitrogens with zero attached hydrogens (tertiary/aromatic N) is 1. The molecule has 31 heavy (non-hydrogen) atoms. The van der Waals surface area contributed by atoms with E-state index in [9.17, 15) is 5.11 Å². The maximum absolute atomic E-state index is 10.1. The van der Waals surface area contributed by atoms with Crippen molar-refractivity contribution in [3.8, 4) is 0 Å². The average Bonchev–Trinajstić information content (AvgIpc) is 2.81. The second-order valence-corrected chi connectivity index (χ2v) is 7.89. The van der Waals surface area contributed by atoms with Gasteiger partial charge in [-0.3, -0.25) is 4.90 Å². The molecular formula is C27H34N2O2. The lowest BCUT2D eigenvalue weighted by molar-refractivity contribution is 0.0288. The first-order chi connectivity index (χ1) is 15.3. The average molecular weight is 419 g/mol. The molecule has 2 N–H and O–H groups in total. The summed E-state index contributed by atoms with van der Waals surface area (Å²) in [5, 5.41) is 13.5. The van der Waals surface area contributed by atoms with E-state index in [1.165, 1.54) is 11.1 Å². The van der Waals surface area contributed by atoms with Crippen LogP contribution < -0.4 is 5.32 Å². The Morgan fingerprint density at radius 3 is 1.81 bits per heavy atom. The topological polar surface area (TPSA) is 44.7 Å². The molecule has 0 bridgehead atoms. The van der Waals surface area contributed by atoms with Crippen molar-refractivity contribution in [2.24, 2.45) is 0 Å². The lowest BCUT2D eigenvalue weighted by Crippen LogP contribution is -2.33. The Morgan fingerprint density at radius 1 is 0.742 bits per heavy atom. The Balaban J connectivity index is 1.34. The minimum atomic E-state index is -0.492. The van der Waals surface area contributed by atoms with Gasteiger partial charge in [-0.05, 0) is 29.7 Å². The molecule has 4 heteroatoms. The number of aliphatic hydroxyl groups excluding tert-OH is 1. The van der Waals surface area contributed by atoms with Crippen LogP contribution in [0.1, 0.15) is 23.1 Å². The number of nitrogens with one attached hydrogen (secondary N) is 1. The van der Waals surface area contributed by atoms with Crippen molar-refractivity contribution in [2.45, 2.75) is 32.2 Å². The summed E-state index contributed by atoms with van der Waals surface area (Å²) in [6, 6.07) is 31.3. The minimum absolute atomic E-state index is 0.343. The van der Waals surface area contributed by atoms with Crippen LogP contribution in [0.5, 0.6) is 0 Å². The number of hydrogen-bond donors (Lipinski definition) is 2. The van der Waals surface area contributed by atoms with Gasteiger partial charge in [0, 0.05) is 26.2 Å². The van der Waals surface area contributed by atoms with Crippen LogP contribution in [-0.4, -0.2) is 42.4 Å². The van der Waals surface area contributed by atoms with Gasteiger partial charge in [-0.25, -0.2) is 0 Å². The lowest BCUT2D eigenvalue weighted by Gasteiger charge is -2.23. The Bertz CT molecular complexity index is 786. The third kappa shape index (κ3) is 9.45. The molecule has 0 aliphatic heterocycles. The summed E-state index contributed by atoms with van der Waals surface area (Å²) in [5.74, 6) is 0. The molecule has 1 unspecified atom stereocenters. The maximum Gasteiger partial charge on any atom is 0.0897 e. The second kappa shape index (κ2) is 13.7. The molecule has 0 aliphatic rings. The van der Waals surface area contributed by atoms with Gasteiger partial charge in [-0.2, -0.15) is 0 Å². The van der Waals surface area contributed by atoms with Gasteiger partial charge < -0.3 is 15.2 Å². The van der Waals surface area contributed by atoms with Crippen molar-refractivity contribution in [3.63, 3.8) is 0 Å². The third-order valence-corrected chi connectivity index (χ3v) is 5.13. The second-order valence-electron chi connectivity index (χ2n) is 7.89. The van der Waals surface area contributed by atoms with Gasteiger partial charge in [0.2, 0.25) is 0 Å². The van der Waals surface area contributed by atoms with E-state index in [0.717, 1.165) is 38.2 Å². The van der Waals surface area contributed by atoms with Gasteiger partial charge in [-0.15, -0.1) is 0 Å². The third-order valence-electron chi connectivity index (χ3n) is 5.13. The van der Waals surface area contributed by atoms with Crippen LogP contribution in [0.4, 0.5) is 0 Å². The highest BCUT2D eigenvalue weighted by atomic mass is 16.5. The van der Waals surface area contributed by atoms with Crippen molar-refractivity contribution < 1.29 is 9.84 Å². The molecule has 3 rings (SSSR count). The quantitative estimate of drug-likeness (QED) is 0.384. The molecule has 0 aromatic heterocycles. The van der Waals surface area contributed by atoms with Crippen LogP contribution in [0.3, 0.4) is 0 Å². The predicted molar refractivity (Wildman–Crippen MR) is 127 cm³/mol. The summed E-state index contributed by atoms with van der Waals surface area (Å²) in [6.45, 7) is 5.17. The fourth-order valence-corrected chi connectivity index (χ4v) is 3.54. The molecule has 0 fully saturated rings. The molecule has 0 spiro atoms. The van der Waals surface area contributed by atoms with Gasteiger partial charge in [0.05, 0.1) is 19.3 Å². The van der Waals surface area contributed by atoms with E-state index >= 15 is 0 Å². The van der Waals surface area contributed by atoms with Gasteiger partial charge in [0.1, 0.15) is 0 Å². The van der Waals surface area contributed by atoms with Crippen LogP contribution in [0.15, 0.2) is 91.0 Å². The van der Waals surface area contributed by atoms with E-state index in [1.54, 1.807) is 0 Å². The molecule has 164 valence electrons. The molecule has 0 amide bonds. The van der Waals surface area contributed by atoms with E-state index < -0.39 is 6.10 Å². The molecular weight excluding hydrogens is 384 g/mol. The first-order valence-corrected chi connectivity index (χ1v) is 11.1. The largest absolute Gasteiger partial charge is 0.389 e. The molecule has 0 aliphatic carbocycles. The van der Waals surface area contributed by atoms with Crippen LogP contribution in [-0.2, 0) is 24.4 Å². The van der Waals surface area contributed by atoms with Gasteiger partial charge in [0.15, 0.2) is 0 Å². The van der Waals surface area contributed by atoms with Crippen LogP contribution in [0, 0.1) is 0 Å². The Labute approximate surface area is 186 Å². The molecule has 0 saturated carbocycles. The number of benzene rings is 3. The molecule has 3 aromatic rings. The summed E-state index contributed by atoms with van der Waals surface area (Å²) in [7, 11) is 0. The molecule has 0 heterocycles. The van der Waals surface area contributed by atoms with Crippen molar-refractivity contribution in [3.05, 3.63) is 108 Å². The first kappa shape index (κ1) is 23.2. The zero-order valence-corrected chi connectivity index (χ0v) is 18.2. The van der Waals surface area contributed by atoms with E-state index in [4.69, 9.17) is 4.74 Å². The normalized spacial score (nSPS) is 12.2.